The second-order valence-corrected chi connectivity index (χ2v) is 11.0. The van der Waals surface area contributed by atoms with Crippen LogP contribution in [0.2, 0.25) is 0 Å². The maximum atomic E-state index is 12.5. The molecule has 3 aromatic heterocycles. The van der Waals surface area contributed by atoms with Gasteiger partial charge >= 0.3 is 0 Å². The highest BCUT2D eigenvalue weighted by Gasteiger charge is 2.30. The fraction of sp³-hybridized carbons (Fsp3) is 0.550. The summed E-state index contributed by atoms with van der Waals surface area (Å²) in [4.78, 5) is 24.9. The van der Waals surface area contributed by atoms with Crippen LogP contribution >= 0.6 is 34.4 Å². The second-order valence-electron chi connectivity index (χ2n) is 7.88. The molecule has 29 heavy (non-hydrogen) atoms. The molecule has 1 N–H and O–H groups in total. The number of hydrogen-bond donors (Lipinski definition) is 1. The van der Waals surface area contributed by atoms with E-state index in [4.69, 9.17) is 9.97 Å². The van der Waals surface area contributed by atoms with Gasteiger partial charge in [0.2, 0.25) is 11.0 Å². The van der Waals surface area contributed by atoms with Crippen molar-refractivity contribution in [3.63, 3.8) is 0 Å². The van der Waals surface area contributed by atoms with Gasteiger partial charge in [-0.05, 0) is 50.0 Å². The van der Waals surface area contributed by atoms with E-state index in [1.54, 1.807) is 0 Å². The van der Waals surface area contributed by atoms with E-state index in [0.717, 1.165) is 45.9 Å². The van der Waals surface area contributed by atoms with Gasteiger partial charge in [0.25, 0.3) is 0 Å². The van der Waals surface area contributed by atoms with Crippen molar-refractivity contribution >= 4 is 55.7 Å². The molecular formula is C20H23N5OS3. The van der Waals surface area contributed by atoms with Crippen molar-refractivity contribution in [1.29, 1.82) is 0 Å². The van der Waals surface area contributed by atoms with E-state index in [-0.39, 0.29) is 5.91 Å². The number of hydrogen-bond acceptors (Lipinski definition) is 8. The van der Waals surface area contributed by atoms with Crippen LogP contribution < -0.4 is 5.32 Å². The molecule has 0 bridgehead atoms. The van der Waals surface area contributed by atoms with Crippen LogP contribution in [0.1, 0.15) is 60.3 Å². The molecule has 6 nitrogen and oxygen atoms in total. The molecule has 0 aliphatic heterocycles. The number of carbonyl (C=O) groups is 1. The number of nitrogens with one attached hydrogen (secondary N) is 1. The molecule has 0 unspecified atom stereocenters. The van der Waals surface area contributed by atoms with E-state index in [1.165, 1.54) is 58.2 Å². The number of fused-ring (bicyclic) bond motifs is 3. The van der Waals surface area contributed by atoms with Crippen LogP contribution in [-0.2, 0) is 24.1 Å². The normalized spacial score (nSPS) is 18.8. The average molecular weight is 446 g/mol. The van der Waals surface area contributed by atoms with Crippen LogP contribution in [0.25, 0.3) is 10.2 Å². The molecular weight excluding hydrogens is 422 g/mol. The summed E-state index contributed by atoms with van der Waals surface area (Å²) in [6.07, 6.45) is 6.62. The highest BCUT2D eigenvalue weighted by atomic mass is 32.2. The first kappa shape index (κ1) is 19.4. The lowest BCUT2D eigenvalue weighted by Crippen LogP contribution is -2.14. The smallest absolute Gasteiger partial charge is 0.236 e. The van der Waals surface area contributed by atoms with Gasteiger partial charge < -0.3 is 0 Å². The van der Waals surface area contributed by atoms with Crippen molar-refractivity contribution < 1.29 is 4.79 Å². The Bertz CT molecular complexity index is 1070. The number of carbonyl (C=O) groups excluding carboxylic acids is 1. The van der Waals surface area contributed by atoms with E-state index in [9.17, 15) is 4.79 Å². The van der Waals surface area contributed by atoms with Gasteiger partial charge in [-0.3, -0.25) is 10.1 Å². The lowest BCUT2D eigenvalue weighted by molar-refractivity contribution is -0.113. The minimum Gasteiger partial charge on any atom is -0.300 e. The fourth-order valence-corrected chi connectivity index (χ4v) is 6.70. The average Bonchev–Trinajstić information content (AvgIpc) is 3.36. The van der Waals surface area contributed by atoms with E-state index < -0.39 is 0 Å². The zero-order valence-electron chi connectivity index (χ0n) is 16.5. The molecule has 152 valence electrons. The Labute approximate surface area is 182 Å². The van der Waals surface area contributed by atoms with Gasteiger partial charge in [-0.25, -0.2) is 9.97 Å². The van der Waals surface area contributed by atoms with E-state index in [2.05, 4.69) is 22.4 Å². The van der Waals surface area contributed by atoms with Crippen LogP contribution in [0, 0.1) is 5.92 Å². The first-order valence-electron chi connectivity index (χ1n) is 10.2. The monoisotopic (exact) mass is 445 g/mol. The van der Waals surface area contributed by atoms with Crippen molar-refractivity contribution in [2.24, 2.45) is 5.92 Å². The van der Waals surface area contributed by atoms with E-state index in [0.29, 0.717) is 16.8 Å². The third-order valence-corrected chi connectivity index (χ3v) is 8.54. The molecule has 0 spiro atoms. The van der Waals surface area contributed by atoms with Crippen molar-refractivity contribution in [3.8, 4) is 0 Å². The summed E-state index contributed by atoms with van der Waals surface area (Å²) in [5.41, 5.74) is 1.42. The summed E-state index contributed by atoms with van der Waals surface area (Å²) < 4.78 is 0. The number of anilines is 1. The van der Waals surface area contributed by atoms with Gasteiger partial charge in [0.05, 0.1) is 5.75 Å². The second kappa shape index (κ2) is 7.92. The molecule has 1 atom stereocenters. The molecule has 0 radical (unpaired) electrons. The summed E-state index contributed by atoms with van der Waals surface area (Å²) in [5, 5.41) is 14.6. The third-order valence-electron chi connectivity index (χ3n) is 5.44. The maximum Gasteiger partial charge on any atom is 0.236 e. The number of thiophene rings is 1. The predicted molar refractivity (Wildman–Crippen MR) is 119 cm³/mol. The molecule has 9 heteroatoms. The van der Waals surface area contributed by atoms with Gasteiger partial charge in [0, 0.05) is 16.2 Å². The topological polar surface area (TPSA) is 80.7 Å². The summed E-state index contributed by atoms with van der Waals surface area (Å²) in [6.45, 7) is 4.36. The quantitative estimate of drug-likeness (QED) is 0.432. The van der Waals surface area contributed by atoms with Gasteiger partial charge in [-0.2, -0.15) is 0 Å². The van der Waals surface area contributed by atoms with Gasteiger partial charge in [0.15, 0.2) is 0 Å². The van der Waals surface area contributed by atoms with Crippen LogP contribution in [0.5, 0.6) is 0 Å². The molecule has 1 fully saturated rings. The summed E-state index contributed by atoms with van der Waals surface area (Å²) in [7, 11) is 0. The van der Waals surface area contributed by atoms with Gasteiger partial charge in [-0.1, -0.05) is 36.9 Å². The largest absolute Gasteiger partial charge is 0.300 e. The summed E-state index contributed by atoms with van der Waals surface area (Å²) >= 11 is 4.80. The summed E-state index contributed by atoms with van der Waals surface area (Å²) in [5.74, 6) is 2.45. The SMILES string of the molecule is CCc1nnc(NC(=O)CSc2nc(C3CC3)nc3sc4c(c23)CC[C@H](C)C4)s1. The number of rotatable bonds is 6. The zero-order valence-corrected chi connectivity index (χ0v) is 19.0. The molecule has 3 aromatic rings. The number of amides is 1. The Morgan fingerprint density at radius 2 is 2.07 bits per heavy atom. The van der Waals surface area contributed by atoms with Crippen molar-refractivity contribution in [2.45, 2.75) is 63.3 Å². The fourth-order valence-electron chi connectivity index (χ4n) is 3.69. The minimum atomic E-state index is -0.0637. The Hall–Kier alpha value is -1.58. The Morgan fingerprint density at radius 1 is 1.21 bits per heavy atom. The van der Waals surface area contributed by atoms with Crippen LogP contribution in [-0.4, -0.2) is 31.8 Å². The van der Waals surface area contributed by atoms with Gasteiger partial charge in [0.1, 0.15) is 20.7 Å². The standard InChI is InChI=1S/C20H23N5OS3/c1-3-15-24-25-20(29-15)21-14(26)9-27-18-16-12-7-4-10(2)8-13(12)28-19(16)23-17(22-18)11-5-6-11/h10-11H,3-9H2,1-2H3,(H,21,25,26)/t10-/m0/s1. The molecule has 3 heterocycles. The minimum absolute atomic E-state index is 0.0637. The molecule has 0 aromatic carbocycles. The number of aromatic nitrogens is 4. The number of thioether (sulfide) groups is 1. The predicted octanol–water partition coefficient (Wildman–Crippen LogP) is 4.84. The molecule has 0 saturated heterocycles. The van der Waals surface area contributed by atoms with Crippen LogP contribution in [0.4, 0.5) is 5.13 Å². The Kier molecular flexibility index (Phi) is 5.30. The lowest BCUT2D eigenvalue weighted by Gasteiger charge is -2.18. The third kappa shape index (κ3) is 4.04. The molecule has 2 aliphatic carbocycles. The van der Waals surface area contributed by atoms with E-state index >= 15 is 0 Å². The number of nitrogens with zero attached hydrogens (tertiary/aromatic N) is 4. The van der Waals surface area contributed by atoms with Crippen molar-refractivity contribution in [3.05, 3.63) is 21.3 Å². The highest BCUT2D eigenvalue weighted by Crippen LogP contribution is 2.44. The van der Waals surface area contributed by atoms with Crippen molar-refractivity contribution in [1.82, 2.24) is 20.2 Å². The summed E-state index contributed by atoms with van der Waals surface area (Å²) in [6, 6.07) is 0. The first-order valence-corrected chi connectivity index (χ1v) is 12.8. The molecule has 2 aliphatic rings. The van der Waals surface area contributed by atoms with Crippen molar-refractivity contribution in [2.75, 3.05) is 11.1 Å². The van der Waals surface area contributed by atoms with Gasteiger partial charge in [-0.15, -0.1) is 21.5 Å². The maximum absolute atomic E-state index is 12.5. The van der Waals surface area contributed by atoms with E-state index in [1.807, 2.05) is 18.3 Å². The van der Waals surface area contributed by atoms with Crippen LogP contribution in [0.15, 0.2) is 5.03 Å². The molecule has 1 saturated carbocycles. The highest BCUT2D eigenvalue weighted by molar-refractivity contribution is 8.00. The molecule has 5 rings (SSSR count). The number of aryl methyl sites for hydroxylation is 2. The zero-order chi connectivity index (χ0) is 20.0. The molecule has 1 amide bonds. The van der Waals surface area contributed by atoms with Crippen LogP contribution in [0.3, 0.4) is 0 Å². The first-order chi connectivity index (χ1) is 14.1. The Morgan fingerprint density at radius 3 is 2.83 bits per heavy atom. The lowest BCUT2D eigenvalue weighted by atomic mass is 9.89. The Balaban J connectivity index is 1.40.